The van der Waals surface area contributed by atoms with E-state index in [0.29, 0.717) is 19.0 Å². The smallest absolute Gasteiger partial charge is 0.218 e. The fourth-order valence-corrected chi connectivity index (χ4v) is 2.84. The van der Waals surface area contributed by atoms with E-state index >= 15 is 0 Å². The van der Waals surface area contributed by atoms with Gasteiger partial charge in [-0.05, 0) is 26.8 Å². The van der Waals surface area contributed by atoms with E-state index in [9.17, 15) is 0 Å². The quantitative estimate of drug-likeness (QED) is 0.616. The van der Waals surface area contributed by atoms with Crippen molar-refractivity contribution >= 4 is 17.3 Å². The van der Waals surface area contributed by atoms with Crippen LogP contribution in [0.3, 0.4) is 0 Å². The van der Waals surface area contributed by atoms with E-state index in [1.165, 1.54) is 0 Å². The minimum Gasteiger partial charge on any atom is -0.478 e. The first-order chi connectivity index (χ1) is 11.6. The maximum atomic E-state index is 5.57. The number of guanidine groups is 1. The molecule has 2 aromatic rings. The van der Waals surface area contributed by atoms with Crippen LogP contribution in [0.25, 0.3) is 0 Å². The van der Waals surface area contributed by atoms with Crippen LogP contribution in [0.1, 0.15) is 30.1 Å². The summed E-state index contributed by atoms with van der Waals surface area (Å²) in [6.07, 6.45) is 1.74. The number of hydrogen-bond acceptors (Lipinski definition) is 5. The summed E-state index contributed by atoms with van der Waals surface area (Å²) < 4.78 is 5.57. The molecule has 0 saturated heterocycles. The highest BCUT2D eigenvalue weighted by atomic mass is 32.1. The molecular weight excluding hydrogens is 322 g/mol. The Morgan fingerprint density at radius 2 is 2.25 bits per heavy atom. The molecular formula is C17H25N5OS. The highest BCUT2D eigenvalue weighted by Crippen LogP contribution is 2.16. The van der Waals surface area contributed by atoms with Crippen molar-refractivity contribution in [3.8, 4) is 5.88 Å². The number of nitrogens with zero attached hydrogens (tertiary/aromatic N) is 4. The van der Waals surface area contributed by atoms with Crippen LogP contribution < -0.4 is 10.1 Å². The molecule has 0 aromatic carbocycles. The van der Waals surface area contributed by atoms with Gasteiger partial charge in [0.05, 0.1) is 30.4 Å². The molecule has 0 unspecified atom stereocenters. The first-order valence-electron chi connectivity index (χ1n) is 8.11. The van der Waals surface area contributed by atoms with E-state index in [1.807, 2.05) is 33.0 Å². The maximum Gasteiger partial charge on any atom is 0.218 e. The van der Waals surface area contributed by atoms with Gasteiger partial charge in [0, 0.05) is 30.7 Å². The third kappa shape index (κ3) is 5.19. The van der Waals surface area contributed by atoms with Crippen LogP contribution in [-0.2, 0) is 13.1 Å². The summed E-state index contributed by atoms with van der Waals surface area (Å²) in [7, 11) is 2.02. The summed E-state index contributed by atoms with van der Waals surface area (Å²) >= 11 is 1.67. The van der Waals surface area contributed by atoms with Gasteiger partial charge in [-0.3, -0.25) is 0 Å². The SMILES string of the molecule is CCNC(=NCc1cccnc1OCC)N(C)Cc1csc(C)n1. The summed E-state index contributed by atoms with van der Waals surface area (Å²) in [5, 5.41) is 6.49. The Morgan fingerprint density at radius 3 is 2.92 bits per heavy atom. The fraction of sp³-hybridized carbons (Fsp3) is 0.471. The van der Waals surface area contributed by atoms with Gasteiger partial charge in [0.1, 0.15) is 0 Å². The van der Waals surface area contributed by atoms with Gasteiger partial charge >= 0.3 is 0 Å². The molecule has 24 heavy (non-hydrogen) atoms. The molecule has 0 bridgehead atoms. The lowest BCUT2D eigenvalue weighted by Gasteiger charge is -2.21. The Labute approximate surface area is 147 Å². The van der Waals surface area contributed by atoms with E-state index in [2.05, 4.69) is 32.5 Å². The molecule has 0 atom stereocenters. The Bertz CT molecular complexity index is 671. The van der Waals surface area contributed by atoms with Crippen LogP contribution in [0.5, 0.6) is 5.88 Å². The summed E-state index contributed by atoms with van der Waals surface area (Å²) in [6.45, 7) is 8.68. The van der Waals surface area contributed by atoms with Crippen LogP contribution in [0.4, 0.5) is 0 Å². The van der Waals surface area contributed by atoms with E-state index in [1.54, 1.807) is 17.5 Å². The highest BCUT2D eigenvalue weighted by Gasteiger charge is 2.10. The van der Waals surface area contributed by atoms with Gasteiger partial charge in [0.15, 0.2) is 5.96 Å². The number of pyridine rings is 1. The molecule has 2 aromatic heterocycles. The molecule has 0 amide bonds. The zero-order valence-electron chi connectivity index (χ0n) is 14.7. The molecule has 0 aliphatic carbocycles. The molecule has 2 heterocycles. The van der Waals surface area contributed by atoms with Crippen molar-refractivity contribution in [2.45, 2.75) is 33.9 Å². The van der Waals surface area contributed by atoms with Crippen LogP contribution in [-0.4, -0.2) is 41.0 Å². The van der Waals surface area contributed by atoms with Gasteiger partial charge in [-0.1, -0.05) is 6.07 Å². The number of aryl methyl sites for hydroxylation is 1. The molecule has 7 heteroatoms. The lowest BCUT2D eigenvalue weighted by molar-refractivity contribution is 0.323. The Hall–Kier alpha value is -2.15. The molecule has 0 spiro atoms. The molecule has 1 N–H and O–H groups in total. The molecule has 130 valence electrons. The normalized spacial score (nSPS) is 11.4. The summed E-state index contributed by atoms with van der Waals surface area (Å²) in [5.74, 6) is 1.49. The van der Waals surface area contributed by atoms with Gasteiger partial charge in [-0.25, -0.2) is 15.0 Å². The summed E-state index contributed by atoms with van der Waals surface area (Å²) in [5.41, 5.74) is 2.04. The lowest BCUT2D eigenvalue weighted by Crippen LogP contribution is -2.38. The number of rotatable bonds is 7. The van der Waals surface area contributed by atoms with Crippen molar-refractivity contribution in [3.05, 3.63) is 40.0 Å². The van der Waals surface area contributed by atoms with Gasteiger partial charge in [-0.2, -0.15) is 0 Å². The second-order valence-corrected chi connectivity index (χ2v) is 6.35. The predicted octanol–water partition coefficient (Wildman–Crippen LogP) is 2.84. The van der Waals surface area contributed by atoms with Crippen molar-refractivity contribution in [2.75, 3.05) is 20.2 Å². The van der Waals surface area contributed by atoms with Gasteiger partial charge < -0.3 is 15.0 Å². The molecule has 0 aliphatic rings. The minimum atomic E-state index is 0.520. The van der Waals surface area contributed by atoms with Crippen molar-refractivity contribution in [2.24, 2.45) is 4.99 Å². The van der Waals surface area contributed by atoms with Gasteiger partial charge in [-0.15, -0.1) is 11.3 Å². The molecule has 0 saturated carbocycles. The number of ether oxygens (including phenoxy) is 1. The highest BCUT2D eigenvalue weighted by molar-refractivity contribution is 7.09. The van der Waals surface area contributed by atoms with Crippen molar-refractivity contribution in [3.63, 3.8) is 0 Å². The largest absolute Gasteiger partial charge is 0.478 e. The third-order valence-electron chi connectivity index (χ3n) is 3.29. The zero-order chi connectivity index (χ0) is 17.4. The second-order valence-electron chi connectivity index (χ2n) is 5.28. The Morgan fingerprint density at radius 1 is 1.42 bits per heavy atom. The predicted molar refractivity (Wildman–Crippen MR) is 98.5 cm³/mol. The van der Waals surface area contributed by atoms with Gasteiger partial charge in [0.25, 0.3) is 0 Å². The molecule has 0 fully saturated rings. The van der Waals surface area contributed by atoms with Crippen LogP contribution >= 0.6 is 11.3 Å². The third-order valence-corrected chi connectivity index (χ3v) is 4.11. The number of thiazole rings is 1. The average molecular weight is 347 g/mol. The topological polar surface area (TPSA) is 62.6 Å². The fourth-order valence-electron chi connectivity index (χ4n) is 2.24. The van der Waals surface area contributed by atoms with Crippen molar-refractivity contribution in [1.82, 2.24) is 20.2 Å². The minimum absolute atomic E-state index is 0.520. The first-order valence-corrected chi connectivity index (χ1v) is 8.99. The molecule has 0 radical (unpaired) electrons. The summed E-state index contributed by atoms with van der Waals surface area (Å²) in [6, 6.07) is 3.90. The van der Waals surface area contributed by atoms with Crippen molar-refractivity contribution in [1.29, 1.82) is 0 Å². The zero-order valence-corrected chi connectivity index (χ0v) is 15.6. The lowest BCUT2D eigenvalue weighted by atomic mass is 10.3. The van der Waals surface area contributed by atoms with Crippen LogP contribution in [0.2, 0.25) is 0 Å². The van der Waals surface area contributed by atoms with E-state index in [-0.39, 0.29) is 0 Å². The van der Waals surface area contributed by atoms with E-state index in [4.69, 9.17) is 9.73 Å². The molecule has 6 nitrogen and oxygen atoms in total. The van der Waals surface area contributed by atoms with E-state index in [0.717, 1.165) is 35.3 Å². The van der Waals surface area contributed by atoms with Crippen molar-refractivity contribution < 1.29 is 4.74 Å². The maximum absolute atomic E-state index is 5.57. The molecule has 0 aliphatic heterocycles. The van der Waals surface area contributed by atoms with Crippen LogP contribution in [0, 0.1) is 6.92 Å². The monoisotopic (exact) mass is 347 g/mol. The molecule has 2 rings (SSSR count). The standard InChI is InChI=1S/C17H25N5OS/c1-5-18-17(22(4)11-15-12-24-13(3)21-15)20-10-14-8-7-9-19-16(14)23-6-2/h7-9,12H,5-6,10-11H2,1-4H3,(H,18,20). The second kappa shape index (κ2) is 9.22. The number of aliphatic imine (C=N–C) groups is 1. The first kappa shape index (κ1) is 18.2. The van der Waals surface area contributed by atoms with Gasteiger partial charge in [0.2, 0.25) is 5.88 Å². The Kier molecular flexibility index (Phi) is 6.99. The van der Waals surface area contributed by atoms with E-state index < -0.39 is 0 Å². The summed E-state index contributed by atoms with van der Waals surface area (Å²) in [4.78, 5) is 15.6. The average Bonchev–Trinajstić information content (AvgIpc) is 2.97. The number of nitrogens with one attached hydrogen (secondary N) is 1. The number of aromatic nitrogens is 2. The van der Waals surface area contributed by atoms with Crippen LogP contribution in [0.15, 0.2) is 28.7 Å². The Balaban J connectivity index is 2.10. The number of hydrogen-bond donors (Lipinski definition) is 1.